The molecule has 0 amide bonds. The maximum atomic E-state index is 9.11. The van der Waals surface area contributed by atoms with Crippen molar-refractivity contribution in [3.8, 4) is 11.5 Å². The molecule has 0 aromatic heterocycles. The van der Waals surface area contributed by atoms with Crippen LogP contribution >= 0.6 is 63.7 Å². The van der Waals surface area contributed by atoms with Crippen LogP contribution in [0, 0.1) is 0 Å². The summed E-state index contributed by atoms with van der Waals surface area (Å²) in [5.74, 6) is 0.495. The molecule has 0 atom stereocenters. The van der Waals surface area contributed by atoms with Crippen molar-refractivity contribution >= 4 is 63.7 Å². The molecule has 18 heavy (non-hydrogen) atoms. The number of benzene rings is 2. The zero-order valence-electron chi connectivity index (χ0n) is 8.87. The van der Waals surface area contributed by atoms with Crippen LogP contribution in [0.25, 0.3) is 0 Å². The number of para-hydroxylation sites is 2. The summed E-state index contributed by atoms with van der Waals surface area (Å²) in [4.78, 5) is 0. The number of rotatable bonds is 0. The molecule has 0 saturated heterocycles. The van der Waals surface area contributed by atoms with E-state index in [1.165, 1.54) is 0 Å². The van der Waals surface area contributed by atoms with E-state index in [-0.39, 0.29) is 11.5 Å². The lowest BCUT2D eigenvalue weighted by Gasteiger charge is -1.96. The average molecular weight is 504 g/mol. The van der Waals surface area contributed by atoms with Crippen LogP contribution in [0.3, 0.4) is 0 Å². The number of halogens is 4. The lowest BCUT2D eigenvalue weighted by atomic mass is 10.3. The van der Waals surface area contributed by atoms with E-state index in [0.29, 0.717) is 17.9 Å². The Morgan fingerprint density at radius 2 is 0.778 bits per heavy atom. The molecule has 0 heterocycles. The summed E-state index contributed by atoms with van der Waals surface area (Å²) in [6, 6.07) is 10.8. The van der Waals surface area contributed by atoms with E-state index in [2.05, 4.69) is 63.7 Å². The first-order chi connectivity index (χ1) is 8.43. The Labute approximate surface area is 139 Å². The van der Waals surface area contributed by atoms with E-state index in [1.807, 2.05) is 12.1 Å². The van der Waals surface area contributed by atoms with Gasteiger partial charge in [-0.2, -0.15) is 0 Å². The lowest BCUT2D eigenvalue weighted by Crippen LogP contribution is -1.68. The molecule has 2 nitrogen and oxygen atoms in total. The van der Waals surface area contributed by atoms with Gasteiger partial charge in [0, 0.05) is 0 Å². The third-order valence-electron chi connectivity index (χ3n) is 1.88. The first-order valence-corrected chi connectivity index (χ1v) is 7.86. The van der Waals surface area contributed by atoms with E-state index in [0.717, 1.165) is 0 Å². The predicted octanol–water partition coefficient (Wildman–Crippen LogP) is 5.83. The number of aromatic hydroxyl groups is 2. The van der Waals surface area contributed by atoms with E-state index < -0.39 is 0 Å². The molecule has 0 aliphatic heterocycles. The van der Waals surface area contributed by atoms with E-state index in [4.69, 9.17) is 10.2 Å². The molecule has 0 saturated carbocycles. The monoisotopic (exact) mass is 500 g/mol. The summed E-state index contributed by atoms with van der Waals surface area (Å²) in [6.45, 7) is 0. The second-order valence-corrected chi connectivity index (χ2v) is 6.56. The topological polar surface area (TPSA) is 40.5 Å². The Bertz CT molecular complexity index is 454. The third-order valence-corrected chi connectivity index (χ3v) is 4.43. The molecule has 0 fully saturated rings. The molecule has 2 rings (SSSR count). The van der Waals surface area contributed by atoms with Crippen LogP contribution in [0.5, 0.6) is 11.5 Å². The van der Waals surface area contributed by atoms with Gasteiger partial charge in [-0.25, -0.2) is 0 Å². The Balaban J connectivity index is 0.000000180. The van der Waals surface area contributed by atoms with Gasteiger partial charge in [-0.15, -0.1) is 0 Å². The van der Waals surface area contributed by atoms with Crippen molar-refractivity contribution in [3.63, 3.8) is 0 Å². The number of phenols is 2. The fourth-order valence-electron chi connectivity index (χ4n) is 0.978. The van der Waals surface area contributed by atoms with Gasteiger partial charge in [0.25, 0.3) is 0 Å². The van der Waals surface area contributed by atoms with Crippen molar-refractivity contribution in [1.82, 2.24) is 0 Å². The molecule has 96 valence electrons. The highest BCUT2D eigenvalue weighted by Crippen LogP contribution is 2.31. The first-order valence-electron chi connectivity index (χ1n) is 4.69. The lowest BCUT2D eigenvalue weighted by molar-refractivity contribution is 0.468. The van der Waals surface area contributed by atoms with E-state index in [1.54, 1.807) is 24.3 Å². The van der Waals surface area contributed by atoms with Crippen LogP contribution in [0.2, 0.25) is 0 Å². The zero-order chi connectivity index (χ0) is 13.7. The second-order valence-electron chi connectivity index (χ2n) is 3.14. The van der Waals surface area contributed by atoms with Crippen molar-refractivity contribution in [2.45, 2.75) is 0 Å². The first kappa shape index (κ1) is 16.0. The minimum atomic E-state index is 0.248. The minimum absolute atomic E-state index is 0.248. The van der Waals surface area contributed by atoms with Crippen molar-refractivity contribution in [3.05, 3.63) is 54.3 Å². The molecule has 0 unspecified atom stereocenters. The summed E-state index contributed by atoms with van der Waals surface area (Å²) in [5, 5.41) is 18.2. The summed E-state index contributed by atoms with van der Waals surface area (Å²) in [6.07, 6.45) is 0. The summed E-state index contributed by atoms with van der Waals surface area (Å²) >= 11 is 12.7. The van der Waals surface area contributed by atoms with Crippen LogP contribution < -0.4 is 0 Å². The molecule has 0 spiro atoms. The highest BCUT2D eigenvalue weighted by Gasteiger charge is 1.99. The van der Waals surface area contributed by atoms with Crippen LogP contribution in [-0.4, -0.2) is 10.2 Å². The van der Waals surface area contributed by atoms with Gasteiger partial charge in [0.05, 0.1) is 17.9 Å². The molecule has 2 aromatic rings. The van der Waals surface area contributed by atoms with Crippen LogP contribution in [0.1, 0.15) is 0 Å². The summed E-state index contributed by atoms with van der Waals surface area (Å²) in [7, 11) is 0. The highest BCUT2D eigenvalue weighted by molar-refractivity contribution is 9.11. The molecule has 0 radical (unpaired) electrons. The maximum absolute atomic E-state index is 9.11. The van der Waals surface area contributed by atoms with Crippen molar-refractivity contribution in [1.29, 1.82) is 0 Å². The van der Waals surface area contributed by atoms with E-state index in [9.17, 15) is 0 Å². The fraction of sp³-hybridized carbons (Fsp3) is 0. The molecule has 2 N–H and O–H groups in total. The Hall–Kier alpha value is -0.0400. The fourth-order valence-corrected chi connectivity index (χ4v) is 2.97. The molecule has 2 aromatic carbocycles. The van der Waals surface area contributed by atoms with Gasteiger partial charge in [0.1, 0.15) is 11.5 Å². The minimum Gasteiger partial charge on any atom is -0.506 e. The van der Waals surface area contributed by atoms with Crippen LogP contribution in [0.4, 0.5) is 0 Å². The highest BCUT2D eigenvalue weighted by atomic mass is 79.9. The number of hydrogen-bond acceptors (Lipinski definition) is 2. The van der Waals surface area contributed by atoms with Gasteiger partial charge < -0.3 is 10.2 Å². The number of hydrogen-bond donors (Lipinski definition) is 2. The molecule has 6 heteroatoms. The second kappa shape index (κ2) is 7.53. The van der Waals surface area contributed by atoms with Gasteiger partial charge in [0.2, 0.25) is 0 Å². The van der Waals surface area contributed by atoms with Gasteiger partial charge >= 0.3 is 0 Å². The predicted molar refractivity (Wildman–Crippen MR) is 87.0 cm³/mol. The Kier molecular flexibility index (Phi) is 6.70. The SMILES string of the molecule is Oc1c(Br)cccc1Br.Oc1c(Br)cccc1Br. The maximum Gasteiger partial charge on any atom is 0.143 e. The largest absolute Gasteiger partial charge is 0.506 e. The quantitative estimate of drug-likeness (QED) is 0.475. The molecule has 0 aliphatic rings. The Morgan fingerprint density at radius 3 is 0.944 bits per heavy atom. The number of phenolic OH excluding ortho intramolecular Hbond substituents is 2. The third kappa shape index (κ3) is 4.57. The van der Waals surface area contributed by atoms with Gasteiger partial charge in [-0.3, -0.25) is 0 Å². The molecule has 0 aliphatic carbocycles. The van der Waals surface area contributed by atoms with Crippen molar-refractivity contribution < 1.29 is 10.2 Å². The van der Waals surface area contributed by atoms with Gasteiger partial charge in [0.15, 0.2) is 0 Å². The van der Waals surface area contributed by atoms with E-state index >= 15 is 0 Å². The average Bonchev–Trinajstić information content (AvgIpc) is 2.34. The standard InChI is InChI=1S/2C6H4Br2O/c2*7-4-2-1-3-5(8)6(4)9/h2*1-3,9H. The summed E-state index contributed by atoms with van der Waals surface area (Å²) < 4.78 is 2.82. The molecule has 0 bridgehead atoms. The van der Waals surface area contributed by atoms with Gasteiger partial charge in [-0.05, 0) is 88.0 Å². The van der Waals surface area contributed by atoms with Gasteiger partial charge in [-0.1, -0.05) is 12.1 Å². The molecular formula is C12H8Br4O2. The Morgan fingerprint density at radius 1 is 0.556 bits per heavy atom. The van der Waals surface area contributed by atoms with Crippen molar-refractivity contribution in [2.75, 3.05) is 0 Å². The van der Waals surface area contributed by atoms with Crippen LogP contribution in [-0.2, 0) is 0 Å². The smallest absolute Gasteiger partial charge is 0.143 e. The van der Waals surface area contributed by atoms with Crippen LogP contribution in [0.15, 0.2) is 54.3 Å². The normalized spacial score (nSPS) is 9.56. The zero-order valence-corrected chi connectivity index (χ0v) is 15.2. The van der Waals surface area contributed by atoms with Crippen molar-refractivity contribution in [2.24, 2.45) is 0 Å². The summed E-state index contributed by atoms with van der Waals surface area (Å²) in [5.41, 5.74) is 0. The molecular weight excluding hydrogens is 496 g/mol.